The van der Waals surface area contributed by atoms with Crippen molar-refractivity contribution in [3.8, 4) is 5.75 Å². The summed E-state index contributed by atoms with van der Waals surface area (Å²) in [6, 6.07) is 7.43. The van der Waals surface area contributed by atoms with Crippen LogP contribution in [0, 0.1) is 0 Å². The van der Waals surface area contributed by atoms with E-state index >= 15 is 0 Å². The highest BCUT2D eigenvalue weighted by Gasteiger charge is 2.40. The number of likely N-dealkylation sites (tertiary alicyclic amines) is 2. The van der Waals surface area contributed by atoms with E-state index < -0.39 is 17.5 Å². The van der Waals surface area contributed by atoms with Crippen LogP contribution in [-0.4, -0.2) is 88.7 Å². The lowest BCUT2D eigenvalue weighted by molar-refractivity contribution is 0.0525. The minimum atomic E-state index is -0.651. The molecule has 6 rings (SSSR count). The molecule has 0 N–H and O–H groups in total. The number of carbonyl (C=O) groups is 3. The number of pyridine rings is 2. The molecule has 0 aromatic carbocycles. The lowest BCUT2D eigenvalue weighted by atomic mass is 9.89. The van der Waals surface area contributed by atoms with Crippen molar-refractivity contribution < 1.29 is 23.9 Å². The van der Waals surface area contributed by atoms with Gasteiger partial charge in [-0.2, -0.15) is 0 Å². The Morgan fingerprint density at radius 3 is 2.60 bits per heavy atom. The van der Waals surface area contributed by atoms with Crippen LogP contribution in [0.3, 0.4) is 0 Å². The van der Waals surface area contributed by atoms with Crippen molar-refractivity contribution in [3.63, 3.8) is 0 Å². The highest BCUT2D eigenvalue weighted by Crippen LogP contribution is 2.37. The van der Waals surface area contributed by atoms with Gasteiger partial charge < -0.3 is 23.7 Å². The number of rotatable bonds is 8. The molecule has 3 aromatic heterocycles. The first kappa shape index (κ1) is 26.7. The van der Waals surface area contributed by atoms with E-state index in [9.17, 15) is 14.4 Å². The number of fused-ring (bicyclic) bond motifs is 4. The van der Waals surface area contributed by atoms with E-state index in [2.05, 4.69) is 14.8 Å². The Morgan fingerprint density at radius 2 is 1.82 bits per heavy atom. The van der Waals surface area contributed by atoms with Gasteiger partial charge in [0.2, 0.25) is 5.78 Å². The van der Waals surface area contributed by atoms with Crippen LogP contribution >= 0.6 is 0 Å². The van der Waals surface area contributed by atoms with Crippen LogP contribution in [0.15, 0.2) is 36.7 Å². The van der Waals surface area contributed by atoms with Gasteiger partial charge in [-0.15, -0.1) is 0 Å². The molecule has 0 amide bonds. The first-order valence-corrected chi connectivity index (χ1v) is 14.6. The van der Waals surface area contributed by atoms with Crippen LogP contribution in [0.5, 0.6) is 5.75 Å². The molecule has 2 fully saturated rings. The molecule has 2 saturated heterocycles. The van der Waals surface area contributed by atoms with Crippen molar-refractivity contribution in [3.05, 3.63) is 64.7 Å². The van der Waals surface area contributed by atoms with E-state index in [-0.39, 0.29) is 34.7 Å². The highest BCUT2D eigenvalue weighted by atomic mass is 16.5. The molecule has 2 aliphatic heterocycles. The molecule has 0 radical (unpaired) electrons. The predicted molar refractivity (Wildman–Crippen MR) is 149 cm³/mol. The number of hydrogen-bond acceptors (Lipinski definition) is 8. The fourth-order valence-electron chi connectivity index (χ4n) is 6.52. The van der Waals surface area contributed by atoms with Gasteiger partial charge in [0.05, 0.1) is 24.3 Å². The maximum Gasteiger partial charge on any atom is 0.341 e. The standard InChI is InChI=1S/C31H36N4O5/c1-2-39-31(38)25-24-28(30(37)26-22(29(24)36)9-6-13-32-26)35-17-7-10-23(27(25)35)40-20-8-14-33-18-11-21(12-19-33)34-15-4-3-5-16-34/h6-7,9-10,13,17,21H,2-5,8,11-12,14-16,18-20H2,1H3. The highest BCUT2D eigenvalue weighted by molar-refractivity contribution is 6.31. The second-order valence-corrected chi connectivity index (χ2v) is 10.8. The quantitative estimate of drug-likeness (QED) is 0.243. The molecule has 0 saturated carbocycles. The Morgan fingerprint density at radius 1 is 1.02 bits per heavy atom. The monoisotopic (exact) mass is 544 g/mol. The largest absolute Gasteiger partial charge is 0.491 e. The third-order valence-corrected chi connectivity index (χ3v) is 8.45. The van der Waals surface area contributed by atoms with Crippen LogP contribution in [0.25, 0.3) is 5.52 Å². The molecule has 40 heavy (non-hydrogen) atoms. The van der Waals surface area contributed by atoms with Gasteiger partial charge in [-0.3, -0.25) is 14.6 Å². The van der Waals surface area contributed by atoms with Crippen molar-refractivity contribution in [2.75, 3.05) is 45.9 Å². The van der Waals surface area contributed by atoms with Gasteiger partial charge in [-0.25, -0.2) is 4.79 Å². The predicted octanol–water partition coefficient (Wildman–Crippen LogP) is 4.01. The zero-order chi connectivity index (χ0) is 27.6. The smallest absolute Gasteiger partial charge is 0.341 e. The Bertz CT molecular complexity index is 1430. The number of ketones is 2. The summed E-state index contributed by atoms with van der Waals surface area (Å²) >= 11 is 0. The van der Waals surface area contributed by atoms with E-state index in [0.29, 0.717) is 17.9 Å². The van der Waals surface area contributed by atoms with Crippen LogP contribution in [0.4, 0.5) is 0 Å². The van der Waals surface area contributed by atoms with Crippen LogP contribution in [0.2, 0.25) is 0 Å². The average molecular weight is 545 g/mol. The summed E-state index contributed by atoms with van der Waals surface area (Å²) in [7, 11) is 0. The molecule has 9 nitrogen and oxygen atoms in total. The molecule has 0 unspecified atom stereocenters. The van der Waals surface area contributed by atoms with Crippen LogP contribution < -0.4 is 4.74 Å². The fraction of sp³-hybridized carbons (Fsp3) is 0.484. The van der Waals surface area contributed by atoms with Gasteiger partial charge in [0, 0.05) is 25.0 Å². The average Bonchev–Trinajstić information content (AvgIpc) is 3.36. The first-order valence-electron chi connectivity index (χ1n) is 14.6. The molecule has 3 aromatic rings. The topological polar surface area (TPSA) is 93.4 Å². The maximum absolute atomic E-state index is 13.6. The summed E-state index contributed by atoms with van der Waals surface area (Å²) in [5.74, 6) is -1.02. The van der Waals surface area contributed by atoms with Gasteiger partial charge in [-0.05, 0) is 89.5 Å². The number of hydrogen-bond donors (Lipinski definition) is 0. The molecule has 0 atom stereocenters. The molecular formula is C31H36N4O5. The lowest BCUT2D eigenvalue weighted by Crippen LogP contribution is -2.46. The van der Waals surface area contributed by atoms with E-state index in [0.717, 1.165) is 32.1 Å². The molecule has 210 valence electrons. The zero-order valence-electron chi connectivity index (χ0n) is 23.1. The summed E-state index contributed by atoms with van der Waals surface area (Å²) in [5, 5.41) is 0. The van der Waals surface area contributed by atoms with E-state index in [1.54, 1.807) is 41.8 Å². The number of aromatic nitrogens is 2. The summed E-state index contributed by atoms with van der Waals surface area (Å²) in [4.78, 5) is 49.6. The molecule has 3 aliphatic rings. The molecule has 1 aliphatic carbocycles. The summed E-state index contributed by atoms with van der Waals surface area (Å²) in [6.07, 6.45) is 10.5. The summed E-state index contributed by atoms with van der Waals surface area (Å²) in [5.41, 5.74) is 0.897. The van der Waals surface area contributed by atoms with Crippen molar-refractivity contribution in [1.82, 2.24) is 19.2 Å². The normalized spacial score (nSPS) is 18.5. The first-order chi connectivity index (χ1) is 19.6. The molecular weight excluding hydrogens is 508 g/mol. The Kier molecular flexibility index (Phi) is 7.67. The van der Waals surface area contributed by atoms with Crippen molar-refractivity contribution in [2.24, 2.45) is 0 Å². The Labute approximate surface area is 234 Å². The van der Waals surface area contributed by atoms with Crippen LogP contribution in [-0.2, 0) is 4.74 Å². The van der Waals surface area contributed by atoms with Crippen LogP contribution in [0.1, 0.15) is 87.9 Å². The third-order valence-electron chi connectivity index (χ3n) is 8.45. The number of piperidine rings is 2. The van der Waals surface area contributed by atoms with Crippen molar-refractivity contribution in [2.45, 2.75) is 51.5 Å². The lowest BCUT2D eigenvalue weighted by Gasteiger charge is -2.40. The van der Waals surface area contributed by atoms with Gasteiger partial charge in [0.15, 0.2) is 5.78 Å². The maximum atomic E-state index is 13.6. The molecule has 0 spiro atoms. The number of esters is 1. The minimum Gasteiger partial charge on any atom is -0.491 e. The number of ether oxygens (including phenoxy) is 2. The second-order valence-electron chi connectivity index (χ2n) is 10.8. The van der Waals surface area contributed by atoms with Gasteiger partial charge >= 0.3 is 5.97 Å². The third kappa shape index (κ3) is 4.81. The number of nitrogens with zero attached hydrogens (tertiary/aromatic N) is 4. The fourth-order valence-corrected chi connectivity index (χ4v) is 6.52. The van der Waals surface area contributed by atoms with E-state index in [1.807, 2.05) is 0 Å². The summed E-state index contributed by atoms with van der Waals surface area (Å²) in [6.45, 7) is 7.96. The summed E-state index contributed by atoms with van der Waals surface area (Å²) < 4.78 is 13.2. The molecule has 0 bridgehead atoms. The molecule has 9 heteroatoms. The number of carbonyl (C=O) groups excluding carboxylic acids is 3. The van der Waals surface area contributed by atoms with Gasteiger partial charge in [-0.1, -0.05) is 6.42 Å². The van der Waals surface area contributed by atoms with Gasteiger partial charge in [0.25, 0.3) is 0 Å². The Hall–Kier alpha value is -3.56. The second kappa shape index (κ2) is 11.5. The minimum absolute atomic E-state index is 0.0524. The van der Waals surface area contributed by atoms with Gasteiger partial charge in [0.1, 0.15) is 28.2 Å². The SMILES string of the molecule is CCOC(=O)c1c2c(n3cccc(OCCCN4CCC(N5CCCCC5)CC4)c13)C(=O)c1ncccc1C2=O. The van der Waals surface area contributed by atoms with E-state index in [1.165, 1.54) is 51.4 Å². The molecule has 5 heterocycles. The van der Waals surface area contributed by atoms with E-state index in [4.69, 9.17) is 9.47 Å². The van der Waals surface area contributed by atoms with Crippen molar-refractivity contribution in [1.29, 1.82) is 0 Å². The Balaban J connectivity index is 1.19. The van der Waals surface area contributed by atoms with Crippen molar-refractivity contribution >= 4 is 23.1 Å². The zero-order valence-corrected chi connectivity index (χ0v) is 23.1.